The van der Waals surface area contributed by atoms with Gasteiger partial charge in [-0.05, 0) is 6.92 Å². The monoisotopic (exact) mass is 283 g/mol. The summed E-state index contributed by atoms with van der Waals surface area (Å²) in [4.78, 5) is 27.8. The van der Waals surface area contributed by atoms with E-state index >= 15 is 0 Å². The van der Waals surface area contributed by atoms with Crippen molar-refractivity contribution in [3.05, 3.63) is 27.3 Å². The fourth-order valence-corrected chi connectivity index (χ4v) is 2.06. The zero-order valence-electron chi connectivity index (χ0n) is 10.4. The molecule has 0 aromatic carbocycles. The summed E-state index contributed by atoms with van der Waals surface area (Å²) >= 11 is 0. The SMILES string of the molecule is C#CC1(O)[C@@H](O)[C@@H]([C@@H](C)O)O[C@H]1n1cnc(=O)[nH]c1=O. The highest BCUT2D eigenvalue weighted by molar-refractivity contribution is 5.19. The molecule has 9 nitrogen and oxygen atoms in total. The number of rotatable bonds is 2. The topological polar surface area (TPSA) is 138 Å². The number of hydrogen-bond donors (Lipinski definition) is 4. The van der Waals surface area contributed by atoms with Crippen LogP contribution in [0.15, 0.2) is 15.9 Å². The fraction of sp³-hybridized carbons (Fsp3) is 0.545. The van der Waals surface area contributed by atoms with Crippen LogP contribution >= 0.6 is 0 Å². The molecule has 5 atom stereocenters. The van der Waals surface area contributed by atoms with Gasteiger partial charge >= 0.3 is 11.4 Å². The summed E-state index contributed by atoms with van der Waals surface area (Å²) in [6, 6.07) is 0. The van der Waals surface area contributed by atoms with Gasteiger partial charge in [-0.3, -0.25) is 9.55 Å². The number of H-pyrrole nitrogens is 1. The van der Waals surface area contributed by atoms with Crippen LogP contribution in [-0.2, 0) is 4.74 Å². The maximum atomic E-state index is 11.7. The normalized spacial score (nSPS) is 34.6. The Morgan fingerprint density at radius 2 is 2.30 bits per heavy atom. The van der Waals surface area contributed by atoms with Gasteiger partial charge in [-0.1, -0.05) is 5.92 Å². The second-order valence-corrected chi connectivity index (χ2v) is 4.50. The molecule has 20 heavy (non-hydrogen) atoms. The first kappa shape index (κ1) is 14.4. The predicted molar refractivity (Wildman–Crippen MR) is 64.5 cm³/mol. The van der Waals surface area contributed by atoms with Gasteiger partial charge in [0.25, 0.3) is 0 Å². The van der Waals surface area contributed by atoms with Crippen molar-refractivity contribution in [3.63, 3.8) is 0 Å². The van der Waals surface area contributed by atoms with Gasteiger partial charge in [-0.15, -0.1) is 6.42 Å². The number of ether oxygens (including phenoxy) is 1. The molecule has 1 aliphatic heterocycles. The van der Waals surface area contributed by atoms with Crippen LogP contribution in [0.4, 0.5) is 0 Å². The molecule has 0 bridgehead atoms. The number of aliphatic hydroxyl groups is 3. The Balaban J connectivity index is 2.53. The van der Waals surface area contributed by atoms with Crippen LogP contribution < -0.4 is 11.4 Å². The third-order valence-corrected chi connectivity index (χ3v) is 3.13. The average molecular weight is 283 g/mol. The first-order valence-corrected chi connectivity index (χ1v) is 5.70. The molecule has 9 heteroatoms. The highest BCUT2D eigenvalue weighted by Crippen LogP contribution is 2.38. The van der Waals surface area contributed by atoms with E-state index < -0.39 is 41.5 Å². The van der Waals surface area contributed by atoms with Gasteiger partial charge in [0.05, 0.1) is 6.10 Å². The number of terminal acetylenes is 1. The molecule has 1 saturated heterocycles. The van der Waals surface area contributed by atoms with Crippen molar-refractivity contribution < 1.29 is 20.1 Å². The van der Waals surface area contributed by atoms with E-state index in [9.17, 15) is 24.9 Å². The first-order valence-electron chi connectivity index (χ1n) is 5.70. The van der Waals surface area contributed by atoms with Gasteiger partial charge in [-0.25, -0.2) is 9.59 Å². The van der Waals surface area contributed by atoms with Crippen LogP contribution in [0.2, 0.25) is 0 Å². The van der Waals surface area contributed by atoms with E-state index in [1.165, 1.54) is 6.92 Å². The fourth-order valence-electron chi connectivity index (χ4n) is 2.06. The molecule has 1 fully saturated rings. The Labute approximate surface area is 112 Å². The largest absolute Gasteiger partial charge is 0.391 e. The standard InChI is InChI=1S/C11H13N3O6/c1-3-11(19)7(16)6(5(2)15)20-8(11)14-4-12-9(17)13-10(14)18/h1,4-8,15-16,19H,2H3,(H,13,17,18)/t5-,6-,7+,8-,11?/m1/s1. The lowest BCUT2D eigenvalue weighted by Crippen LogP contribution is -2.49. The van der Waals surface area contributed by atoms with Gasteiger partial charge in [0.2, 0.25) is 0 Å². The summed E-state index contributed by atoms with van der Waals surface area (Å²) in [6.45, 7) is 1.33. The van der Waals surface area contributed by atoms with Crippen molar-refractivity contribution in [2.24, 2.45) is 0 Å². The number of aromatic amines is 1. The smallest absolute Gasteiger partial charge is 0.350 e. The lowest BCUT2D eigenvalue weighted by molar-refractivity contribution is -0.0888. The zero-order chi connectivity index (χ0) is 15.1. The summed E-state index contributed by atoms with van der Waals surface area (Å²) in [5, 5.41) is 29.8. The molecule has 1 aromatic heterocycles. The van der Waals surface area contributed by atoms with Crippen LogP contribution in [0.3, 0.4) is 0 Å². The molecule has 0 aliphatic carbocycles. The third kappa shape index (κ3) is 2.04. The second kappa shape index (κ2) is 4.84. The van der Waals surface area contributed by atoms with E-state index in [-0.39, 0.29) is 0 Å². The molecule has 2 rings (SSSR count). The minimum atomic E-state index is -2.24. The molecule has 0 spiro atoms. The summed E-state index contributed by atoms with van der Waals surface area (Å²) in [5.41, 5.74) is -4.03. The molecule has 0 radical (unpaired) electrons. The quantitative estimate of drug-likeness (QED) is 0.423. The maximum absolute atomic E-state index is 11.7. The molecule has 0 amide bonds. The Hall–Kier alpha value is -1.99. The lowest BCUT2D eigenvalue weighted by atomic mass is 9.93. The summed E-state index contributed by atoms with van der Waals surface area (Å²) in [6.07, 6.45) is 0.604. The lowest BCUT2D eigenvalue weighted by Gasteiger charge is -2.26. The Kier molecular flexibility index (Phi) is 3.49. The zero-order valence-corrected chi connectivity index (χ0v) is 10.4. The highest BCUT2D eigenvalue weighted by atomic mass is 16.6. The van der Waals surface area contributed by atoms with Crippen molar-refractivity contribution in [2.45, 2.75) is 37.1 Å². The van der Waals surface area contributed by atoms with E-state index in [1.54, 1.807) is 0 Å². The van der Waals surface area contributed by atoms with Crippen molar-refractivity contribution in [3.8, 4) is 12.3 Å². The molecule has 1 aromatic rings. The van der Waals surface area contributed by atoms with Crippen LogP contribution in [0.5, 0.6) is 0 Å². The Bertz CT molecular complexity index is 659. The maximum Gasteiger partial charge on any atom is 0.350 e. The van der Waals surface area contributed by atoms with Gasteiger partial charge in [-0.2, -0.15) is 4.98 Å². The van der Waals surface area contributed by atoms with Crippen LogP contribution in [0.25, 0.3) is 0 Å². The first-order chi connectivity index (χ1) is 9.31. The minimum absolute atomic E-state index is 0.743. The molecule has 108 valence electrons. The molecule has 1 unspecified atom stereocenters. The van der Waals surface area contributed by atoms with Crippen LogP contribution in [-0.4, -0.2) is 53.8 Å². The number of aliphatic hydroxyl groups excluding tert-OH is 2. The molecule has 2 heterocycles. The van der Waals surface area contributed by atoms with Gasteiger partial charge in [0, 0.05) is 0 Å². The van der Waals surface area contributed by atoms with Crippen molar-refractivity contribution >= 4 is 0 Å². The summed E-state index contributed by atoms with van der Waals surface area (Å²) in [5.74, 6) is 1.96. The average Bonchev–Trinajstić information content (AvgIpc) is 2.64. The molecule has 1 aliphatic rings. The molecular formula is C11H13N3O6. The summed E-state index contributed by atoms with van der Waals surface area (Å²) < 4.78 is 6.00. The van der Waals surface area contributed by atoms with Gasteiger partial charge in [0.15, 0.2) is 11.8 Å². The number of aromatic nitrogens is 3. The Morgan fingerprint density at radius 3 is 2.80 bits per heavy atom. The van der Waals surface area contributed by atoms with E-state index in [0.29, 0.717) is 0 Å². The van der Waals surface area contributed by atoms with E-state index in [1.807, 2.05) is 10.9 Å². The predicted octanol–water partition coefficient (Wildman–Crippen LogP) is -3.07. The number of hydrogen-bond acceptors (Lipinski definition) is 7. The van der Waals surface area contributed by atoms with Gasteiger partial charge < -0.3 is 20.1 Å². The third-order valence-electron chi connectivity index (χ3n) is 3.13. The highest BCUT2D eigenvalue weighted by Gasteiger charge is 2.57. The van der Waals surface area contributed by atoms with Crippen LogP contribution in [0.1, 0.15) is 13.2 Å². The Morgan fingerprint density at radius 1 is 1.65 bits per heavy atom. The van der Waals surface area contributed by atoms with Crippen molar-refractivity contribution in [1.82, 2.24) is 14.5 Å². The van der Waals surface area contributed by atoms with Crippen molar-refractivity contribution in [2.75, 3.05) is 0 Å². The molecule has 4 N–H and O–H groups in total. The van der Waals surface area contributed by atoms with Crippen molar-refractivity contribution in [1.29, 1.82) is 0 Å². The van der Waals surface area contributed by atoms with Crippen LogP contribution in [0, 0.1) is 12.3 Å². The van der Waals surface area contributed by atoms with E-state index in [4.69, 9.17) is 11.2 Å². The van der Waals surface area contributed by atoms with E-state index in [2.05, 4.69) is 4.98 Å². The number of nitrogens with one attached hydrogen (secondary N) is 1. The second-order valence-electron chi connectivity index (χ2n) is 4.50. The summed E-state index contributed by atoms with van der Waals surface area (Å²) in [7, 11) is 0. The van der Waals surface area contributed by atoms with Gasteiger partial charge in [0.1, 0.15) is 18.5 Å². The van der Waals surface area contributed by atoms with E-state index in [0.717, 1.165) is 10.9 Å². The molecule has 0 saturated carbocycles. The molecular weight excluding hydrogens is 270 g/mol. The minimum Gasteiger partial charge on any atom is -0.391 e. The number of nitrogens with zero attached hydrogens (tertiary/aromatic N) is 2.